The van der Waals surface area contributed by atoms with Gasteiger partial charge in [0.1, 0.15) is 5.60 Å². The van der Waals surface area contributed by atoms with E-state index in [1.165, 1.54) is 6.92 Å². The first-order valence-electron chi connectivity index (χ1n) is 7.30. The molecule has 0 aromatic heterocycles. The van der Waals surface area contributed by atoms with Crippen LogP contribution < -0.4 is 0 Å². The lowest BCUT2D eigenvalue weighted by atomic mass is 9.64. The van der Waals surface area contributed by atoms with E-state index in [0.29, 0.717) is 19.3 Å². The van der Waals surface area contributed by atoms with Crippen LogP contribution in [0.2, 0.25) is 0 Å². The summed E-state index contributed by atoms with van der Waals surface area (Å²) >= 11 is 0. The molecule has 24 heavy (non-hydrogen) atoms. The van der Waals surface area contributed by atoms with Crippen LogP contribution in [0.15, 0.2) is 0 Å². The van der Waals surface area contributed by atoms with Gasteiger partial charge in [0.2, 0.25) is 0 Å². The lowest BCUT2D eigenvalue weighted by molar-refractivity contribution is -0.232. The summed E-state index contributed by atoms with van der Waals surface area (Å²) in [5, 5.41) is 4.64. The van der Waals surface area contributed by atoms with Gasteiger partial charge in [0.05, 0.1) is 5.60 Å². The molecule has 0 heterocycles. The number of aliphatic hydroxyl groups is 1. The van der Waals surface area contributed by atoms with Crippen molar-refractivity contribution in [2.75, 3.05) is 0 Å². The molecule has 2 aliphatic carbocycles. The molecule has 2 aliphatic rings. The van der Waals surface area contributed by atoms with Gasteiger partial charge in [0, 0.05) is 6.42 Å². The zero-order chi connectivity index (χ0) is 18.6. The number of rotatable bonds is 3. The number of fused-ring (bicyclic) bond motifs is 2. The van der Waals surface area contributed by atoms with Crippen LogP contribution in [-0.4, -0.2) is 46.4 Å². The molecule has 11 heteroatoms. The largest absolute Gasteiger partial charge is 0.455 e. The molecule has 4 unspecified atom stereocenters. The SMILES string of the molecule is CC1(O)CC2CCCC(OC(=O)C(F)(C(F)(F)F)S(=O)(=O)O)(C2)C1. The van der Waals surface area contributed by atoms with E-state index in [9.17, 15) is 35.9 Å². The molecule has 0 spiro atoms. The molecule has 2 fully saturated rings. The minimum atomic E-state index is -6.46. The van der Waals surface area contributed by atoms with Crippen molar-refractivity contribution in [1.29, 1.82) is 0 Å². The second-order valence-electron chi connectivity index (χ2n) is 6.98. The van der Waals surface area contributed by atoms with Gasteiger partial charge in [-0.3, -0.25) is 4.55 Å². The number of halogens is 4. The van der Waals surface area contributed by atoms with Gasteiger partial charge in [-0.25, -0.2) is 9.18 Å². The van der Waals surface area contributed by atoms with E-state index in [-0.39, 0.29) is 25.2 Å². The molecule has 140 valence electrons. The Morgan fingerprint density at radius 2 is 1.83 bits per heavy atom. The van der Waals surface area contributed by atoms with Crippen LogP contribution in [0.3, 0.4) is 0 Å². The molecule has 0 saturated heterocycles. The molecular formula is C13H18F4O6S. The Kier molecular flexibility index (Phi) is 4.47. The van der Waals surface area contributed by atoms with Gasteiger partial charge in [0.25, 0.3) is 0 Å². The van der Waals surface area contributed by atoms with Crippen molar-refractivity contribution in [3.05, 3.63) is 0 Å². The van der Waals surface area contributed by atoms with E-state index >= 15 is 0 Å². The van der Waals surface area contributed by atoms with Crippen LogP contribution in [0.5, 0.6) is 0 Å². The van der Waals surface area contributed by atoms with Crippen LogP contribution in [-0.2, 0) is 19.6 Å². The number of ether oxygens (including phenoxy) is 1. The number of hydrogen-bond donors (Lipinski definition) is 2. The Morgan fingerprint density at radius 1 is 1.25 bits per heavy atom. The highest BCUT2D eigenvalue weighted by molar-refractivity contribution is 7.88. The molecule has 0 aliphatic heterocycles. The number of carbonyl (C=O) groups is 1. The molecule has 0 amide bonds. The third kappa shape index (κ3) is 3.25. The van der Waals surface area contributed by atoms with E-state index in [1.54, 1.807) is 0 Å². The van der Waals surface area contributed by atoms with Gasteiger partial charge in [-0.05, 0) is 38.5 Å². The first kappa shape index (κ1) is 19.4. The summed E-state index contributed by atoms with van der Waals surface area (Å²) in [4.78, 5) is 11.8. The monoisotopic (exact) mass is 378 g/mol. The van der Waals surface area contributed by atoms with Gasteiger partial charge in [-0.1, -0.05) is 6.42 Å². The maximum atomic E-state index is 14.1. The average Bonchev–Trinajstić information content (AvgIpc) is 2.32. The van der Waals surface area contributed by atoms with Crippen LogP contribution in [0.25, 0.3) is 0 Å². The Balaban J connectivity index is 2.36. The van der Waals surface area contributed by atoms with Gasteiger partial charge >= 0.3 is 27.3 Å². The Morgan fingerprint density at radius 3 is 2.33 bits per heavy atom. The summed E-state index contributed by atoms with van der Waals surface area (Å²) in [5.41, 5.74) is -2.92. The number of alkyl halides is 4. The minimum absolute atomic E-state index is 0.0742. The van der Waals surface area contributed by atoms with Crippen LogP contribution >= 0.6 is 0 Å². The summed E-state index contributed by atoms with van der Waals surface area (Å²) < 4.78 is 87.6. The van der Waals surface area contributed by atoms with E-state index < -0.39 is 38.5 Å². The Hall–Kier alpha value is -0.940. The van der Waals surface area contributed by atoms with E-state index in [0.717, 1.165) is 0 Å². The lowest BCUT2D eigenvalue weighted by Gasteiger charge is -2.50. The summed E-state index contributed by atoms with van der Waals surface area (Å²) in [7, 11) is -6.46. The van der Waals surface area contributed by atoms with Crippen molar-refractivity contribution in [3.63, 3.8) is 0 Å². The van der Waals surface area contributed by atoms with Crippen molar-refractivity contribution in [1.82, 2.24) is 0 Å². The molecule has 2 bridgehead atoms. The second-order valence-corrected chi connectivity index (χ2v) is 8.49. The maximum Gasteiger partial charge on any atom is 0.451 e. The first-order valence-corrected chi connectivity index (χ1v) is 8.74. The molecule has 4 atom stereocenters. The molecule has 0 aromatic rings. The summed E-state index contributed by atoms with van der Waals surface area (Å²) in [5.74, 6) is -2.86. The van der Waals surface area contributed by atoms with Crippen molar-refractivity contribution in [2.45, 2.75) is 67.8 Å². The van der Waals surface area contributed by atoms with Crippen LogP contribution in [0.4, 0.5) is 17.6 Å². The molecule has 0 aromatic carbocycles. The van der Waals surface area contributed by atoms with Gasteiger partial charge < -0.3 is 9.84 Å². The van der Waals surface area contributed by atoms with Crippen molar-refractivity contribution in [3.8, 4) is 0 Å². The molecule has 2 N–H and O–H groups in total. The van der Waals surface area contributed by atoms with E-state index in [2.05, 4.69) is 4.74 Å². The van der Waals surface area contributed by atoms with Gasteiger partial charge in [0.15, 0.2) is 0 Å². The van der Waals surface area contributed by atoms with Gasteiger partial charge in [-0.2, -0.15) is 21.6 Å². The quantitative estimate of drug-likeness (QED) is 0.443. The highest BCUT2D eigenvalue weighted by atomic mass is 32.2. The Labute approximate surface area is 135 Å². The van der Waals surface area contributed by atoms with E-state index in [1.807, 2.05) is 0 Å². The standard InChI is InChI=1S/C13H18F4O6S/c1-10(19)5-8-3-2-4-11(6-8,7-10)23-9(18)12(14,13(15,16)17)24(20,21)22/h8,19H,2-7H2,1H3,(H,20,21,22). The predicted octanol–water partition coefficient (Wildman–Crippen LogP) is 2.12. The topological polar surface area (TPSA) is 101 Å². The fraction of sp³-hybridized carbons (Fsp3) is 0.923. The second kappa shape index (κ2) is 5.53. The smallest absolute Gasteiger partial charge is 0.451 e. The average molecular weight is 378 g/mol. The summed E-state index contributed by atoms with van der Waals surface area (Å²) in [6.07, 6.45) is -4.77. The number of hydrogen-bond acceptors (Lipinski definition) is 5. The van der Waals surface area contributed by atoms with E-state index in [4.69, 9.17) is 4.55 Å². The number of carbonyl (C=O) groups excluding carboxylic acids is 1. The van der Waals surface area contributed by atoms with Crippen molar-refractivity contribution in [2.24, 2.45) is 5.92 Å². The molecule has 2 rings (SSSR count). The Bertz CT molecular complexity index is 631. The molecular weight excluding hydrogens is 360 g/mol. The third-order valence-corrected chi connectivity index (χ3v) is 5.74. The molecule has 6 nitrogen and oxygen atoms in total. The molecule has 0 radical (unpaired) electrons. The van der Waals surface area contributed by atoms with Crippen molar-refractivity contribution < 1.29 is 45.2 Å². The highest BCUT2D eigenvalue weighted by Crippen LogP contribution is 2.50. The number of esters is 1. The highest BCUT2D eigenvalue weighted by Gasteiger charge is 2.73. The molecule has 2 saturated carbocycles. The van der Waals surface area contributed by atoms with Crippen LogP contribution in [0.1, 0.15) is 45.4 Å². The van der Waals surface area contributed by atoms with Gasteiger partial charge in [-0.15, -0.1) is 0 Å². The fourth-order valence-corrected chi connectivity index (χ4v) is 4.47. The maximum absolute atomic E-state index is 14.1. The van der Waals surface area contributed by atoms with Crippen LogP contribution in [0, 0.1) is 5.92 Å². The normalized spacial score (nSPS) is 36.7. The first-order chi connectivity index (χ1) is 10.6. The zero-order valence-corrected chi connectivity index (χ0v) is 13.6. The minimum Gasteiger partial charge on any atom is -0.455 e. The fourth-order valence-electron chi connectivity index (χ4n) is 3.92. The lowest BCUT2D eigenvalue weighted by Crippen LogP contribution is -2.59. The zero-order valence-electron chi connectivity index (χ0n) is 12.8. The summed E-state index contributed by atoms with van der Waals surface area (Å²) in [6.45, 7) is 1.42. The predicted molar refractivity (Wildman–Crippen MR) is 72.1 cm³/mol. The third-order valence-electron chi connectivity index (χ3n) is 4.63. The van der Waals surface area contributed by atoms with Crippen molar-refractivity contribution >= 4 is 16.1 Å². The summed E-state index contributed by atoms with van der Waals surface area (Å²) in [6, 6.07) is 0.